The zero-order chi connectivity index (χ0) is 10.7. The first kappa shape index (κ1) is 10.7. The van der Waals surface area contributed by atoms with Crippen molar-refractivity contribution in [3.05, 3.63) is 16.7 Å². The van der Waals surface area contributed by atoms with Crippen molar-refractivity contribution in [2.75, 3.05) is 12.3 Å². The lowest BCUT2D eigenvalue weighted by molar-refractivity contribution is 0.218. The van der Waals surface area contributed by atoms with Crippen LogP contribution in [0.15, 0.2) is 16.7 Å². The zero-order valence-electron chi connectivity index (χ0n) is 8.58. The van der Waals surface area contributed by atoms with E-state index in [1.165, 1.54) is 19.3 Å². The molecule has 1 aromatic rings. The lowest BCUT2D eigenvalue weighted by atomic mass is 9.83. The Morgan fingerprint density at radius 2 is 2.33 bits per heavy atom. The third kappa shape index (κ3) is 2.84. The fraction of sp³-hybridized carbons (Fsp3) is 0.545. The summed E-state index contributed by atoms with van der Waals surface area (Å²) in [6.07, 6.45) is 6.91. The van der Waals surface area contributed by atoms with Crippen LogP contribution in [0.4, 0.5) is 5.69 Å². The van der Waals surface area contributed by atoms with Gasteiger partial charge in [0, 0.05) is 10.7 Å². The standard InChI is InChI=1S/C11H15BrN2O/c12-9-6-10(13)11(14-7-9)15-5-4-8-2-1-3-8/h6-8H,1-5,13H2. The molecule has 2 rings (SSSR count). The van der Waals surface area contributed by atoms with E-state index in [1.54, 1.807) is 6.20 Å². The molecule has 0 aliphatic heterocycles. The van der Waals surface area contributed by atoms with E-state index in [0.717, 1.165) is 23.4 Å². The maximum absolute atomic E-state index is 5.77. The zero-order valence-corrected chi connectivity index (χ0v) is 10.2. The maximum Gasteiger partial charge on any atom is 0.237 e. The largest absolute Gasteiger partial charge is 0.476 e. The van der Waals surface area contributed by atoms with Crippen LogP contribution < -0.4 is 10.5 Å². The van der Waals surface area contributed by atoms with Crippen molar-refractivity contribution >= 4 is 21.6 Å². The number of anilines is 1. The Morgan fingerprint density at radius 3 is 2.93 bits per heavy atom. The second-order valence-electron chi connectivity index (χ2n) is 3.98. The highest BCUT2D eigenvalue weighted by Crippen LogP contribution is 2.29. The minimum atomic E-state index is 0.553. The van der Waals surface area contributed by atoms with Crippen LogP contribution in [-0.2, 0) is 0 Å². The topological polar surface area (TPSA) is 48.1 Å². The minimum absolute atomic E-state index is 0.553. The number of aromatic nitrogens is 1. The summed E-state index contributed by atoms with van der Waals surface area (Å²) in [5.41, 5.74) is 6.36. The molecule has 1 aliphatic rings. The number of nitrogens with two attached hydrogens (primary N) is 1. The number of halogens is 1. The summed E-state index contributed by atoms with van der Waals surface area (Å²) in [5.74, 6) is 1.42. The van der Waals surface area contributed by atoms with Crippen LogP contribution in [0.5, 0.6) is 5.88 Å². The minimum Gasteiger partial charge on any atom is -0.476 e. The van der Waals surface area contributed by atoms with Crippen molar-refractivity contribution < 1.29 is 4.74 Å². The molecular formula is C11H15BrN2O. The fourth-order valence-corrected chi connectivity index (χ4v) is 2.02. The van der Waals surface area contributed by atoms with Crippen LogP contribution >= 0.6 is 15.9 Å². The normalized spacial score (nSPS) is 16.1. The number of nitrogens with zero attached hydrogens (tertiary/aromatic N) is 1. The molecule has 1 heterocycles. The highest BCUT2D eigenvalue weighted by molar-refractivity contribution is 9.10. The van der Waals surface area contributed by atoms with Gasteiger partial charge >= 0.3 is 0 Å². The average Bonchev–Trinajstić information content (AvgIpc) is 2.12. The van der Waals surface area contributed by atoms with Gasteiger partial charge in [-0.2, -0.15) is 0 Å². The molecule has 0 amide bonds. The Kier molecular flexibility index (Phi) is 3.46. The van der Waals surface area contributed by atoms with E-state index in [9.17, 15) is 0 Å². The van der Waals surface area contributed by atoms with E-state index in [2.05, 4.69) is 20.9 Å². The predicted molar refractivity (Wildman–Crippen MR) is 63.8 cm³/mol. The Labute approximate surface area is 98.2 Å². The highest BCUT2D eigenvalue weighted by Gasteiger charge is 2.17. The molecule has 4 heteroatoms. The van der Waals surface area contributed by atoms with Gasteiger partial charge in [0.25, 0.3) is 0 Å². The van der Waals surface area contributed by atoms with Crippen LogP contribution in [-0.4, -0.2) is 11.6 Å². The molecule has 2 N–H and O–H groups in total. The monoisotopic (exact) mass is 270 g/mol. The summed E-state index contributed by atoms with van der Waals surface area (Å²) in [6, 6.07) is 1.81. The van der Waals surface area contributed by atoms with Gasteiger partial charge in [0.1, 0.15) is 0 Å². The lowest BCUT2D eigenvalue weighted by Crippen LogP contribution is -2.15. The summed E-state index contributed by atoms with van der Waals surface area (Å²) in [7, 11) is 0. The molecule has 0 radical (unpaired) electrons. The molecule has 0 atom stereocenters. The second kappa shape index (κ2) is 4.84. The number of nitrogen functional groups attached to an aromatic ring is 1. The average molecular weight is 271 g/mol. The van der Waals surface area contributed by atoms with E-state index in [4.69, 9.17) is 10.5 Å². The van der Waals surface area contributed by atoms with Gasteiger partial charge in [-0.3, -0.25) is 0 Å². The third-order valence-electron chi connectivity index (χ3n) is 2.84. The van der Waals surface area contributed by atoms with Crippen molar-refractivity contribution in [3.63, 3.8) is 0 Å². The molecular weight excluding hydrogens is 256 g/mol. The van der Waals surface area contributed by atoms with Gasteiger partial charge in [-0.25, -0.2) is 4.98 Å². The van der Waals surface area contributed by atoms with Gasteiger partial charge in [0.2, 0.25) is 5.88 Å². The highest BCUT2D eigenvalue weighted by atomic mass is 79.9. The predicted octanol–water partition coefficient (Wildman–Crippen LogP) is 3.00. The first-order valence-corrected chi connectivity index (χ1v) is 6.09. The summed E-state index contributed by atoms with van der Waals surface area (Å²) in [4.78, 5) is 4.12. The number of pyridine rings is 1. The molecule has 0 spiro atoms. The van der Waals surface area contributed by atoms with E-state index >= 15 is 0 Å². The molecule has 1 saturated carbocycles. The molecule has 15 heavy (non-hydrogen) atoms. The van der Waals surface area contributed by atoms with Crippen molar-refractivity contribution in [1.82, 2.24) is 4.98 Å². The van der Waals surface area contributed by atoms with Gasteiger partial charge in [0.15, 0.2) is 0 Å². The Hall–Kier alpha value is -0.770. The number of ether oxygens (including phenoxy) is 1. The van der Waals surface area contributed by atoms with Gasteiger partial charge < -0.3 is 10.5 Å². The molecule has 1 aliphatic carbocycles. The molecule has 0 unspecified atom stereocenters. The van der Waals surface area contributed by atoms with Crippen LogP contribution in [0.3, 0.4) is 0 Å². The van der Waals surface area contributed by atoms with Gasteiger partial charge in [0.05, 0.1) is 12.3 Å². The van der Waals surface area contributed by atoms with Crippen LogP contribution in [0.1, 0.15) is 25.7 Å². The molecule has 0 saturated heterocycles. The maximum atomic E-state index is 5.77. The Balaban J connectivity index is 1.81. The number of rotatable bonds is 4. The molecule has 3 nitrogen and oxygen atoms in total. The summed E-state index contributed by atoms with van der Waals surface area (Å²) >= 11 is 3.31. The molecule has 82 valence electrons. The van der Waals surface area contributed by atoms with Gasteiger partial charge in [-0.05, 0) is 34.3 Å². The van der Waals surface area contributed by atoms with Gasteiger partial charge in [-0.15, -0.1) is 0 Å². The first-order chi connectivity index (χ1) is 7.25. The molecule has 0 aromatic carbocycles. The lowest BCUT2D eigenvalue weighted by Gasteiger charge is -2.24. The quantitative estimate of drug-likeness (QED) is 0.915. The van der Waals surface area contributed by atoms with Crippen LogP contribution in [0, 0.1) is 5.92 Å². The van der Waals surface area contributed by atoms with E-state index in [-0.39, 0.29) is 0 Å². The second-order valence-corrected chi connectivity index (χ2v) is 4.90. The first-order valence-electron chi connectivity index (χ1n) is 5.29. The summed E-state index contributed by atoms with van der Waals surface area (Å²) in [5, 5.41) is 0. The molecule has 0 bridgehead atoms. The van der Waals surface area contributed by atoms with Crippen molar-refractivity contribution in [3.8, 4) is 5.88 Å². The van der Waals surface area contributed by atoms with E-state index in [1.807, 2.05) is 6.07 Å². The smallest absolute Gasteiger partial charge is 0.237 e. The fourth-order valence-electron chi connectivity index (χ4n) is 1.67. The summed E-state index contributed by atoms with van der Waals surface area (Å²) < 4.78 is 6.42. The van der Waals surface area contributed by atoms with Crippen molar-refractivity contribution in [1.29, 1.82) is 0 Å². The van der Waals surface area contributed by atoms with Crippen molar-refractivity contribution in [2.24, 2.45) is 5.92 Å². The number of hydrogen-bond donors (Lipinski definition) is 1. The molecule has 1 aromatic heterocycles. The third-order valence-corrected chi connectivity index (χ3v) is 3.27. The van der Waals surface area contributed by atoms with E-state index < -0.39 is 0 Å². The van der Waals surface area contributed by atoms with Crippen molar-refractivity contribution in [2.45, 2.75) is 25.7 Å². The SMILES string of the molecule is Nc1cc(Br)cnc1OCCC1CCC1. The summed E-state index contributed by atoms with van der Waals surface area (Å²) in [6.45, 7) is 0.726. The Morgan fingerprint density at radius 1 is 1.53 bits per heavy atom. The van der Waals surface area contributed by atoms with E-state index in [0.29, 0.717) is 11.6 Å². The molecule has 1 fully saturated rings. The van der Waals surface area contributed by atoms with Crippen LogP contribution in [0.25, 0.3) is 0 Å². The Bertz CT molecular complexity index is 339. The van der Waals surface area contributed by atoms with Crippen LogP contribution in [0.2, 0.25) is 0 Å². The number of hydrogen-bond acceptors (Lipinski definition) is 3. The van der Waals surface area contributed by atoms with Gasteiger partial charge in [-0.1, -0.05) is 19.3 Å².